The van der Waals surface area contributed by atoms with Crippen LogP contribution in [0.4, 0.5) is 10.2 Å². The van der Waals surface area contributed by atoms with Crippen LogP contribution in [0.2, 0.25) is 0 Å². The van der Waals surface area contributed by atoms with E-state index in [2.05, 4.69) is 23.8 Å². The van der Waals surface area contributed by atoms with Crippen molar-refractivity contribution in [3.63, 3.8) is 0 Å². The molecule has 1 atom stereocenters. The number of nitrogens with zero attached hydrogens (tertiary/aromatic N) is 4. The second kappa shape index (κ2) is 10.5. The third-order valence-electron chi connectivity index (χ3n) is 6.12. The van der Waals surface area contributed by atoms with Crippen LogP contribution in [0.15, 0.2) is 28.5 Å². The van der Waals surface area contributed by atoms with E-state index >= 15 is 0 Å². The summed E-state index contributed by atoms with van der Waals surface area (Å²) >= 11 is 1.55. The van der Waals surface area contributed by atoms with E-state index in [0.717, 1.165) is 46.5 Å². The van der Waals surface area contributed by atoms with Gasteiger partial charge in [-0.25, -0.2) is 19.2 Å². The maximum Gasteiger partial charge on any atom is 0.328 e. The van der Waals surface area contributed by atoms with Crippen LogP contribution in [0.3, 0.4) is 0 Å². The summed E-state index contributed by atoms with van der Waals surface area (Å²) in [5.74, 6) is -1.32. The molecule has 0 amide bonds. The Morgan fingerprint density at radius 2 is 2.14 bits per heavy atom. The van der Waals surface area contributed by atoms with Crippen molar-refractivity contribution in [3.05, 3.63) is 61.7 Å². The number of pyridine rings is 1. The monoisotopic (exact) mass is 498 g/mol. The second-order valence-corrected chi connectivity index (χ2v) is 9.95. The fourth-order valence-electron chi connectivity index (χ4n) is 4.19. The van der Waals surface area contributed by atoms with Crippen molar-refractivity contribution in [3.8, 4) is 0 Å². The summed E-state index contributed by atoms with van der Waals surface area (Å²) in [5.41, 5.74) is 1.18. The molecule has 0 bridgehead atoms. The Morgan fingerprint density at radius 1 is 1.34 bits per heavy atom. The van der Waals surface area contributed by atoms with Crippen LogP contribution < -0.4 is 10.5 Å². The van der Waals surface area contributed by atoms with Crippen molar-refractivity contribution in [1.82, 2.24) is 14.4 Å². The van der Waals surface area contributed by atoms with Gasteiger partial charge in [-0.15, -0.1) is 11.3 Å². The first-order valence-corrected chi connectivity index (χ1v) is 12.4. The van der Waals surface area contributed by atoms with Crippen molar-refractivity contribution >= 4 is 41.1 Å². The fourth-order valence-corrected chi connectivity index (χ4v) is 5.15. The molecule has 0 aliphatic carbocycles. The zero-order valence-corrected chi connectivity index (χ0v) is 20.4. The van der Waals surface area contributed by atoms with Crippen LogP contribution in [0.1, 0.15) is 54.4 Å². The van der Waals surface area contributed by atoms with Crippen LogP contribution in [-0.4, -0.2) is 44.8 Å². The Bertz CT molecular complexity index is 1350. The number of halogens is 1. The summed E-state index contributed by atoms with van der Waals surface area (Å²) < 4.78 is 16.1. The van der Waals surface area contributed by atoms with Gasteiger partial charge in [0.05, 0.1) is 22.5 Å². The van der Waals surface area contributed by atoms with Gasteiger partial charge in [-0.1, -0.05) is 13.8 Å². The topological polar surface area (TPSA) is 105 Å². The molecule has 0 saturated carbocycles. The van der Waals surface area contributed by atoms with Gasteiger partial charge in [0.25, 0.3) is 5.56 Å². The molecule has 3 aromatic heterocycles. The van der Waals surface area contributed by atoms with E-state index in [9.17, 15) is 18.8 Å². The molecule has 1 unspecified atom stereocenters. The quantitative estimate of drug-likeness (QED) is 0.373. The van der Waals surface area contributed by atoms with Gasteiger partial charge in [0.1, 0.15) is 23.6 Å². The Morgan fingerprint density at radius 3 is 2.83 bits per heavy atom. The number of aldehydes is 1. The molecule has 184 valence electrons. The molecule has 1 fully saturated rings. The molecule has 4 rings (SSSR count). The minimum Gasteiger partial charge on any atom is -0.478 e. The van der Waals surface area contributed by atoms with Crippen LogP contribution in [0, 0.1) is 11.7 Å². The molecule has 0 aromatic carbocycles. The van der Waals surface area contributed by atoms with Gasteiger partial charge >= 0.3 is 5.97 Å². The average Bonchev–Trinajstić information content (AvgIpc) is 3.32. The van der Waals surface area contributed by atoms with Crippen molar-refractivity contribution < 1.29 is 19.1 Å². The summed E-state index contributed by atoms with van der Waals surface area (Å²) in [6.07, 6.45) is 6.50. The minimum absolute atomic E-state index is 0.0487. The summed E-state index contributed by atoms with van der Waals surface area (Å²) in [6.45, 7) is 5.11. The van der Waals surface area contributed by atoms with E-state index < -0.39 is 17.3 Å². The highest BCUT2D eigenvalue weighted by atomic mass is 32.1. The van der Waals surface area contributed by atoms with Crippen LogP contribution in [-0.2, 0) is 22.4 Å². The van der Waals surface area contributed by atoms with Gasteiger partial charge in [0.15, 0.2) is 0 Å². The maximum absolute atomic E-state index is 15.0. The molecule has 1 saturated heterocycles. The van der Waals surface area contributed by atoms with Gasteiger partial charge < -0.3 is 14.8 Å². The summed E-state index contributed by atoms with van der Waals surface area (Å²) in [5, 5.41) is 12.0. The number of carboxylic acids is 1. The van der Waals surface area contributed by atoms with Crippen LogP contribution in [0.5, 0.6) is 0 Å². The highest BCUT2D eigenvalue weighted by Crippen LogP contribution is 2.25. The lowest BCUT2D eigenvalue weighted by atomic mass is 9.99. The highest BCUT2D eigenvalue weighted by molar-refractivity contribution is 7.09. The third-order valence-corrected chi connectivity index (χ3v) is 7.05. The van der Waals surface area contributed by atoms with Crippen molar-refractivity contribution in [2.75, 3.05) is 18.0 Å². The molecule has 3 aromatic rings. The van der Waals surface area contributed by atoms with Gasteiger partial charge in [0.2, 0.25) is 0 Å². The van der Waals surface area contributed by atoms with Gasteiger partial charge in [0, 0.05) is 36.9 Å². The summed E-state index contributed by atoms with van der Waals surface area (Å²) in [6, 6.07) is 1.56. The van der Waals surface area contributed by atoms with Crippen molar-refractivity contribution in [2.45, 2.75) is 45.4 Å². The van der Waals surface area contributed by atoms with Crippen LogP contribution in [0.25, 0.3) is 11.7 Å². The van der Waals surface area contributed by atoms with E-state index in [1.165, 1.54) is 6.08 Å². The van der Waals surface area contributed by atoms with E-state index in [-0.39, 0.29) is 17.1 Å². The van der Waals surface area contributed by atoms with E-state index in [1.54, 1.807) is 17.4 Å². The first-order chi connectivity index (χ1) is 16.8. The standard InChI is InChI=1S/C25H27FN4O4S/c1-15(2)20-14-35-22(27-20)7-5-17-10-21-28-24(29-9-3-4-16(11-29)13-31)18(6-8-23(32)33)25(34)30(21)12-19(17)26/h6,8,10,12-16H,3-5,7,9,11H2,1-2H3,(H,32,33). The summed E-state index contributed by atoms with van der Waals surface area (Å²) in [7, 11) is 0. The van der Waals surface area contributed by atoms with Crippen LogP contribution >= 0.6 is 11.3 Å². The first kappa shape index (κ1) is 24.7. The molecule has 4 heterocycles. The predicted octanol–water partition coefficient (Wildman–Crippen LogP) is 3.71. The molecule has 35 heavy (non-hydrogen) atoms. The number of aliphatic carboxylic acids is 1. The maximum atomic E-state index is 15.0. The zero-order valence-electron chi connectivity index (χ0n) is 19.6. The third kappa shape index (κ3) is 5.48. The van der Waals surface area contributed by atoms with Gasteiger partial charge in [-0.05, 0) is 42.9 Å². The van der Waals surface area contributed by atoms with Crippen molar-refractivity contribution in [2.24, 2.45) is 5.92 Å². The number of fused-ring (bicyclic) bond motifs is 1. The number of piperidine rings is 1. The molecule has 0 radical (unpaired) electrons. The van der Waals surface area contributed by atoms with Crippen molar-refractivity contribution in [1.29, 1.82) is 0 Å². The molecular weight excluding hydrogens is 471 g/mol. The highest BCUT2D eigenvalue weighted by Gasteiger charge is 2.24. The number of carbonyl (C=O) groups excluding carboxylic acids is 1. The lowest BCUT2D eigenvalue weighted by molar-refractivity contribution is -0.131. The number of aryl methyl sites for hydroxylation is 2. The lowest BCUT2D eigenvalue weighted by Gasteiger charge is -2.32. The van der Waals surface area contributed by atoms with E-state index in [0.29, 0.717) is 43.2 Å². The number of rotatable bonds is 8. The molecule has 1 aliphatic heterocycles. The molecule has 8 nitrogen and oxygen atoms in total. The van der Waals surface area contributed by atoms with E-state index in [1.807, 2.05) is 10.3 Å². The first-order valence-electron chi connectivity index (χ1n) is 11.6. The smallest absolute Gasteiger partial charge is 0.328 e. The molecule has 1 aliphatic rings. The Kier molecular flexibility index (Phi) is 7.39. The Balaban J connectivity index is 1.74. The molecule has 1 N–H and O–H groups in total. The van der Waals surface area contributed by atoms with E-state index in [4.69, 9.17) is 5.11 Å². The lowest BCUT2D eigenvalue weighted by Crippen LogP contribution is -2.38. The number of hydrogen-bond acceptors (Lipinski definition) is 7. The number of carbonyl (C=O) groups is 2. The number of hydrogen-bond donors (Lipinski definition) is 1. The van der Waals surface area contributed by atoms with Gasteiger partial charge in [-0.2, -0.15) is 0 Å². The number of anilines is 1. The fraction of sp³-hybridized carbons (Fsp3) is 0.400. The Labute approximate surface area is 205 Å². The van der Waals surface area contributed by atoms with Gasteiger partial charge in [-0.3, -0.25) is 9.20 Å². The number of aromatic nitrogens is 3. The number of carboxylic acid groups (broad SMARTS) is 1. The number of thiazole rings is 1. The minimum atomic E-state index is -1.21. The largest absolute Gasteiger partial charge is 0.478 e. The molecular formula is C25H27FN4O4S. The Hall–Kier alpha value is -3.40. The average molecular weight is 499 g/mol. The zero-order chi connectivity index (χ0) is 25.1. The SMILES string of the molecule is CC(C)c1csc(CCc2cc3nc(N4CCCC(C=O)C4)c(C=CC(=O)O)c(=O)n3cc2F)n1. The molecule has 10 heteroatoms. The predicted molar refractivity (Wildman–Crippen MR) is 133 cm³/mol. The second-order valence-electron chi connectivity index (χ2n) is 9.01. The normalized spacial score (nSPS) is 16.5. The summed E-state index contributed by atoms with van der Waals surface area (Å²) in [4.78, 5) is 46.8. The molecule has 0 spiro atoms.